The maximum Gasteiger partial charge on any atom is 0.407 e. The highest BCUT2D eigenvalue weighted by Crippen LogP contribution is 2.34. The second-order valence-corrected chi connectivity index (χ2v) is 11.9. The molecule has 2 aromatic carbocycles. The Morgan fingerprint density at radius 2 is 1.70 bits per heavy atom. The van der Waals surface area contributed by atoms with E-state index in [0.29, 0.717) is 47.7 Å². The van der Waals surface area contributed by atoms with Crippen molar-refractivity contribution in [1.29, 1.82) is 0 Å². The number of alkyl carbamates (subject to hydrolysis) is 1. The standard InChI is InChI=1S/C31H37BrN4O8/c1-31(2,3)44-30(40)33-10-15-42-16-17-43-21-7-5-6-20(18-21)28(38)35-11-13-36(14-12-35)29(39)27(37)22-19-34-26-23(32)8-9-24(41-4)25(22)26/h5-9,18-19,34H,10-17H2,1-4H3,(H,33,40). The largest absolute Gasteiger partial charge is 0.496 e. The fourth-order valence-electron chi connectivity index (χ4n) is 4.67. The normalized spacial score (nSPS) is 13.5. The van der Waals surface area contributed by atoms with Gasteiger partial charge in [0.25, 0.3) is 17.6 Å². The minimum Gasteiger partial charge on any atom is -0.496 e. The van der Waals surface area contributed by atoms with Gasteiger partial charge in [-0.1, -0.05) is 6.07 Å². The van der Waals surface area contributed by atoms with Gasteiger partial charge in [0.2, 0.25) is 0 Å². The van der Waals surface area contributed by atoms with Crippen LogP contribution in [0.4, 0.5) is 4.79 Å². The van der Waals surface area contributed by atoms with Crippen molar-refractivity contribution in [3.05, 3.63) is 58.2 Å². The van der Waals surface area contributed by atoms with Crippen LogP contribution in [0.3, 0.4) is 0 Å². The van der Waals surface area contributed by atoms with Crippen molar-refractivity contribution in [3.8, 4) is 11.5 Å². The van der Waals surface area contributed by atoms with E-state index in [1.54, 1.807) is 62.1 Å². The highest BCUT2D eigenvalue weighted by atomic mass is 79.9. The Morgan fingerprint density at radius 3 is 2.41 bits per heavy atom. The number of carbonyl (C=O) groups excluding carboxylic acids is 4. The number of nitrogens with one attached hydrogen (secondary N) is 2. The minimum atomic E-state index is -0.638. The molecule has 12 nitrogen and oxygen atoms in total. The average molecular weight is 674 g/mol. The number of hydrogen-bond acceptors (Lipinski definition) is 8. The zero-order chi connectivity index (χ0) is 31.9. The lowest BCUT2D eigenvalue weighted by Crippen LogP contribution is -2.52. The maximum atomic E-state index is 13.2. The molecule has 0 unspecified atom stereocenters. The predicted octanol–water partition coefficient (Wildman–Crippen LogP) is 4.03. The lowest BCUT2D eigenvalue weighted by atomic mass is 10.1. The molecule has 1 saturated heterocycles. The molecule has 1 fully saturated rings. The Bertz CT molecular complexity index is 1510. The summed E-state index contributed by atoms with van der Waals surface area (Å²) in [5.41, 5.74) is 0.802. The van der Waals surface area contributed by atoms with Crippen molar-refractivity contribution in [1.82, 2.24) is 20.1 Å². The summed E-state index contributed by atoms with van der Waals surface area (Å²) in [6, 6.07) is 10.4. The summed E-state index contributed by atoms with van der Waals surface area (Å²) >= 11 is 3.45. The van der Waals surface area contributed by atoms with E-state index in [2.05, 4.69) is 26.2 Å². The molecule has 1 aromatic heterocycles. The number of amides is 3. The van der Waals surface area contributed by atoms with Gasteiger partial charge in [0, 0.05) is 49.0 Å². The third kappa shape index (κ3) is 8.29. The Kier molecular flexibility index (Phi) is 10.9. The first-order valence-electron chi connectivity index (χ1n) is 14.2. The van der Waals surface area contributed by atoms with Crippen LogP contribution in [0, 0.1) is 0 Å². The Labute approximate surface area is 264 Å². The lowest BCUT2D eigenvalue weighted by Gasteiger charge is -2.34. The van der Waals surface area contributed by atoms with E-state index in [-0.39, 0.29) is 44.3 Å². The van der Waals surface area contributed by atoms with E-state index in [9.17, 15) is 19.2 Å². The van der Waals surface area contributed by atoms with E-state index in [1.807, 2.05) is 0 Å². The van der Waals surface area contributed by atoms with Gasteiger partial charge in [0.15, 0.2) is 0 Å². The number of H-pyrrole nitrogens is 1. The second-order valence-electron chi connectivity index (χ2n) is 11.0. The van der Waals surface area contributed by atoms with Crippen molar-refractivity contribution in [2.75, 3.05) is 59.7 Å². The molecule has 0 aliphatic carbocycles. The topological polar surface area (TPSA) is 140 Å². The Hall–Kier alpha value is -4.10. The number of ketones is 1. The number of Topliss-reactive ketones (excluding diaryl/α,β-unsaturated/α-hetero) is 1. The van der Waals surface area contributed by atoms with Gasteiger partial charge in [-0.3, -0.25) is 14.4 Å². The van der Waals surface area contributed by atoms with Crippen LogP contribution in [0.5, 0.6) is 11.5 Å². The van der Waals surface area contributed by atoms with Gasteiger partial charge in [-0.05, 0) is 67.0 Å². The second kappa shape index (κ2) is 14.6. The number of fused-ring (bicyclic) bond motifs is 1. The molecule has 2 N–H and O–H groups in total. The number of aromatic nitrogens is 1. The molecule has 236 valence electrons. The van der Waals surface area contributed by atoms with Crippen molar-refractivity contribution >= 4 is 50.5 Å². The Morgan fingerprint density at radius 1 is 0.977 bits per heavy atom. The van der Waals surface area contributed by atoms with Crippen LogP contribution in [0.15, 0.2) is 47.1 Å². The minimum absolute atomic E-state index is 0.190. The molecular weight excluding hydrogens is 636 g/mol. The van der Waals surface area contributed by atoms with Gasteiger partial charge in [-0.15, -0.1) is 0 Å². The molecule has 1 aliphatic heterocycles. The highest BCUT2D eigenvalue weighted by Gasteiger charge is 2.31. The highest BCUT2D eigenvalue weighted by molar-refractivity contribution is 9.10. The number of methoxy groups -OCH3 is 1. The number of aromatic amines is 1. The number of rotatable bonds is 11. The van der Waals surface area contributed by atoms with Crippen LogP contribution < -0.4 is 14.8 Å². The molecule has 0 atom stereocenters. The smallest absolute Gasteiger partial charge is 0.407 e. The molecule has 3 amide bonds. The van der Waals surface area contributed by atoms with Crippen molar-refractivity contribution < 1.29 is 38.1 Å². The molecule has 4 rings (SSSR count). The summed E-state index contributed by atoms with van der Waals surface area (Å²) in [7, 11) is 1.51. The van der Waals surface area contributed by atoms with E-state index in [4.69, 9.17) is 18.9 Å². The SMILES string of the molecule is COc1ccc(Br)c2[nH]cc(C(=O)C(=O)N3CCN(C(=O)c4cccc(OCCOCCNC(=O)OC(C)(C)C)c4)CC3)c12. The van der Waals surface area contributed by atoms with Crippen LogP contribution in [-0.2, 0) is 14.3 Å². The molecule has 44 heavy (non-hydrogen) atoms. The predicted molar refractivity (Wildman–Crippen MR) is 166 cm³/mol. The number of ether oxygens (including phenoxy) is 4. The summed E-state index contributed by atoms with van der Waals surface area (Å²) in [6.07, 6.45) is 1.02. The molecule has 2 heterocycles. The van der Waals surface area contributed by atoms with Gasteiger partial charge in [-0.25, -0.2) is 4.79 Å². The summed E-state index contributed by atoms with van der Waals surface area (Å²) < 4.78 is 22.5. The van der Waals surface area contributed by atoms with E-state index in [0.717, 1.165) is 4.47 Å². The van der Waals surface area contributed by atoms with Gasteiger partial charge < -0.3 is 39.0 Å². The number of piperazine rings is 1. The molecule has 0 spiro atoms. The molecule has 0 bridgehead atoms. The quantitative estimate of drug-likeness (QED) is 0.177. The van der Waals surface area contributed by atoms with E-state index < -0.39 is 23.4 Å². The van der Waals surface area contributed by atoms with Crippen LogP contribution in [0.25, 0.3) is 10.9 Å². The molecule has 0 radical (unpaired) electrons. The Balaban J connectivity index is 1.23. The lowest BCUT2D eigenvalue weighted by molar-refractivity contribution is -0.127. The number of hydrogen-bond donors (Lipinski definition) is 2. The monoisotopic (exact) mass is 672 g/mol. The molecule has 13 heteroatoms. The number of carbonyl (C=O) groups is 4. The molecule has 3 aromatic rings. The van der Waals surface area contributed by atoms with Crippen LogP contribution in [-0.4, -0.2) is 104 Å². The molecular formula is C31H37BrN4O8. The number of benzene rings is 2. The zero-order valence-corrected chi connectivity index (χ0v) is 26.8. The summed E-state index contributed by atoms with van der Waals surface area (Å²) in [5, 5.41) is 3.16. The van der Waals surface area contributed by atoms with Crippen LogP contribution in [0.2, 0.25) is 0 Å². The average Bonchev–Trinajstić information content (AvgIpc) is 3.45. The maximum absolute atomic E-state index is 13.2. The molecule has 1 aliphatic rings. The van der Waals surface area contributed by atoms with E-state index >= 15 is 0 Å². The summed E-state index contributed by atoms with van der Waals surface area (Å²) in [5.74, 6) is -0.447. The first-order valence-corrected chi connectivity index (χ1v) is 15.0. The fourth-order valence-corrected chi connectivity index (χ4v) is 5.11. The third-order valence-corrected chi connectivity index (χ3v) is 7.41. The fraction of sp³-hybridized carbons (Fsp3) is 0.419. The number of halogens is 1. The first kappa shape index (κ1) is 32.8. The van der Waals surface area contributed by atoms with Crippen molar-refractivity contribution in [2.24, 2.45) is 0 Å². The zero-order valence-electron chi connectivity index (χ0n) is 25.2. The van der Waals surface area contributed by atoms with E-state index in [1.165, 1.54) is 18.2 Å². The summed E-state index contributed by atoms with van der Waals surface area (Å²) in [6.45, 7) is 7.58. The van der Waals surface area contributed by atoms with Gasteiger partial charge in [0.1, 0.15) is 23.7 Å². The van der Waals surface area contributed by atoms with Gasteiger partial charge in [0.05, 0.1) is 36.8 Å². The summed E-state index contributed by atoms with van der Waals surface area (Å²) in [4.78, 5) is 57.3. The van der Waals surface area contributed by atoms with Crippen molar-refractivity contribution in [3.63, 3.8) is 0 Å². The van der Waals surface area contributed by atoms with Crippen LogP contribution >= 0.6 is 15.9 Å². The first-order chi connectivity index (χ1) is 21.0. The number of nitrogens with zero attached hydrogens (tertiary/aromatic N) is 2. The van der Waals surface area contributed by atoms with Gasteiger partial charge in [-0.2, -0.15) is 0 Å². The van der Waals surface area contributed by atoms with Gasteiger partial charge >= 0.3 is 6.09 Å². The van der Waals surface area contributed by atoms with Crippen LogP contribution in [0.1, 0.15) is 41.5 Å². The molecule has 0 saturated carbocycles. The third-order valence-electron chi connectivity index (χ3n) is 6.75. The van der Waals surface area contributed by atoms with Crippen molar-refractivity contribution in [2.45, 2.75) is 26.4 Å².